The van der Waals surface area contributed by atoms with Crippen LogP contribution in [0.2, 0.25) is 0 Å². The van der Waals surface area contributed by atoms with Gasteiger partial charge in [-0.25, -0.2) is 0 Å². The van der Waals surface area contributed by atoms with E-state index in [0.29, 0.717) is 30.1 Å². The Balaban J connectivity index is 1.23. The molecule has 0 bridgehead atoms. The SMILES string of the molecule is O=C(COc1ccccc1/C=C1/SC(=O)N(CC(=O)N2CCc3ccccc3C2)C1=O)Nc1ccccc1. The average Bonchev–Trinajstić information content (AvgIpc) is 3.20. The molecule has 1 fully saturated rings. The lowest BCUT2D eigenvalue weighted by Gasteiger charge is -2.29. The standard InChI is InChI=1S/C29H25N3O5S/c33-26(30-23-11-2-1-3-12-23)19-37-24-13-7-6-9-21(24)16-25-28(35)32(29(36)38-25)18-27(34)31-15-14-20-8-4-5-10-22(20)17-31/h1-13,16H,14-15,17-19H2,(H,30,33)/b25-16+. The molecule has 0 unspecified atom stereocenters. The highest BCUT2D eigenvalue weighted by atomic mass is 32.2. The minimum atomic E-state index is -0.526. The van der Waals surface area contributed by atoms with Crippen molar-refractivity contribution in [1.82, 2.24) is 9.80 Å². The number of nitrogens with zero attached hydrogens (tertiary/aromatic N) is 2. The molecule has 4 amide bonds. The number of para-hydroxylation sites is 2. The van der Waals surface area contributed by atoms with Gasteiger partial charge >= 0.3 is 0 Å². The third-order valence-corrected chi connectivity index (χ3v) is 7.18. The Bertz CT molecular complexity index is 1420. The van der Waals surface area contributed by atoms with Gasteiger partial charge in [-0.2, -0.15) is 0 Å². The molecule has 5 rings (SSSR count). The largest absolute Gasteiger partial charge is 0.483 e. The van der Waals surface area contributed by atoms with Crippen molar-refractivity contribution < 1.29 is 23.9 Å². The second-order valence-electron chi connectivity index (χ2n) is 8.84. The first kappa shape index (κ1) is 25.3. The number of anilines is 1. The summed E-state index contributed by atoms with van der Waals surface area (Å²) in [7, 11) is 0. The van der Waals surface area contributed by atoms with Crippen LogP contribution in [-0.2, 0) is 27.3 Å². The van der Waals surface area contributed by atoms with Gasteiger partial charge < -0.3 is 15.0 Å². The van der Waals surface area contributed by atoms with Crippen molar-refractivity contribution >= 4 is 46.5 Å². The quantitative estimate of drug-likeness (QED) is 0.460. The second-order valence-corrected chi connectivity index (χ2v) is 9.84. The number of imide groups is 1. The Kier molecular flexibility index (Phi) is 7.55. The van der Waals surface area contributed by atoms with E-state index in [1.54, 1.807) is 47.4 Å². The van der Waals surface area contributed by atoms with Gasteiger partial charge in [-0.3, -0.25) is 24.1 Å². The number of thioether (sulfide) groups is 1. The van der Waals surface area contributed by atoms with Gasteiger partial charge in [0, 0.05) is 24.3 Å². The maximum absolute atomic E-state index is 13.1. The number of carbonyl (C=O) groups is 4. The predicted octanol–water partition coefficient (Wildman–Crippen LogP) is 4.33. The molecule has 0 aromatic heterocycles. The summed E-state index contributed by atoms with van der Waals surface area (Å²) in [5, 5.41) is 2.26. The van der Waals surface area contributed by atoms with E-state index in [-0.39, 0.29) is 29.9 Å². The van der Waals surface area contributed by atoms with E-state index in [0.717, 1.165) is 28.6 Å². The van der Waals surface area contributed by atoms with E-state index in [9.17, 15) is 19.2 Å². The number of hydrogen-bond donors (Lipinski definition) is 1. The summed E-state index contributed by atoms with van der Waals surface area (Å²) in [5.41, 5.74) is 3.50. The number of ether oxygens (including phenoxy) is 1. The number of amides is 4. The first-order chi connectivity index (χ1) is 18.5. The number of carbonyl (C=O) groups excluding carboxylic acids is 4. The van der Waals surface area contributed by atoms with Gasteiger partial charge in [-0.15, -0.1) is 0 Å². The van der Waals surface area contributed by atoms with E-state index < -0.39 is 11.1 Å². The molecular weight excluding hydrogens is 502 g/mol. The number of fused-ring (bicyclic) bond motifs is 1. The molecule has 9 heteroatoms. The Morgan fingerprint density at radius 3 is 2.45 bits per heavy atom. The van der Waals surface area contributed by atoms with Crippen molar-refractivity contribution in [2.24, 2.45) is 0 Å². The fraction of sp³-hybridized carbons (Fsp3) is 0.172. The van der Waals surface area contributed by atoms with Gasteiger partial charge in [-0.1, -0.05) is 60.7 Å². The van der Waals surface area contributed by atoms with Crippen molar-refractivity contribution in [3.05, 3.63) is 100 Å². The maximum Gasteiger partial charge on any atom is 0.294 e. The molecule has 0 spiro atoms. The van der Waals surface area contributed by atoms with Crippen molar-refractivity contribution in [3.8, 4) is 5.75 Å². The molecule has 1 saturated heterocycles. The van der Waals surface area contributed by atoms with Gasteiger partial charge in [0.15, 0.2) is 6.61 Å². The molecule has 192 valence electrons. The van der Waals surface area contributed by atoms with Crippen LogP contribution in [0.3, 0.4) is 0 Å². The van der Waals surface area contributed by atoms with Gasteiger partial charge in [0.25, 0.3) is 17.1 Å². The smallest absolute Gasteiger partial charge is 0.294 e. The Morgan fingerprint density at radius 2 is 1.63 bits per heavy atom. The fourth-order valence-corrected chi connectivity index (χ4v) is 5.14. The third kappa shape index (κ3) is 5.78. The molecular formula is C29H25N3O5S. The minimum absolute atomic E-state index is 0.191. The number of nitrogens with one attached hydrogen (secondary N) is 1. The van der Waals surface area contributed by atoms with E-state index in [1.165, 1.54) is 5.56 Å². The van der Waals surface area contributed by atoms with Crippen LogP contribution in [0, 0.1) is 0 Å². The van der Waals surface area contributed by atoms with E-state index in [4.69, 9.17) is 4.74 Å². The monoisotopic (exact) mass is 527 g/mol. The molecule has 2 aliphatic rings. The molecule has 0 saturated carbocycles. The maximum atomic E-state index is 13.1. The van der Waals surface area contributed by atoms with E-state index in [1.807, 2.05) is 36.4 Å². The average molecular weight is 528 g/mol. The third-order valence-electron chi connectivity index (χ3n) is 6.27. The second kappa shape index (κ2) is 11.4. The first-order valence-corrected chi connectivity index (χ1v) is 13.0. The van der Waals surface area contributed by atoms with Gasteiger partial charge in [-0.05, 0) is 53.6 Å². The Labute approximate surface area is 224 Å². The molecule has 2 heterocycles. The topological polar surface area (TPSA) is 96.0 Å². The highest BCUT2D eigenvalue weighted by molar-refractivity contribution is 8.18. The molecule has 0 radical (unpaired) electrons. The van der Waals surface area contributed by atoms with Crippen LogP contribution in [0.1, 0.15) is 16.7 Å². The zero-order valence-electron chi connectivity index (χ0n) is 20.5. The van der Waals surface area contributed by atoms with E-state index in [2.05, 4.69) is 11.4 Å². The molecule has 3 aromatic rings. The summed E-state index contributed by atoms with van der Waals surface area (Å²) in [6.45, 7) is 0.477. The Morgan fingerprint density at radius 1 is 0.921 bits per heavy atom. The summed E-state index contributed by atoms with van der Waals surface area (Å²) >= 11 is 0.782. The highest BCUT2D eigenvalue weighted by Gasteiger charge is 2.37. The molecule has 0 aliphatic carbocycles. The van der Waals surface area contributed by atoms with Gasteiger partial charge in [0.1, 0.15) is 12.3 Å². The number of rotatable bonds is 7. The highest BCUT2D eigenvalue weighted by Crippen LogP contribution is 2.34. The molecule has 0 atom stereocenters. The van der Waals surface area contributed by atoms with Gasteiger partial charge in [0.05, 0.1) is 4.91 Å². The van der Waals surface area contributed by atoms with Crippen LogP contribution < -0.4 is 10.1 Å². The first-order valence-electron chi connectivity index (χ1n) is 12.1. The van der Waals surface area contributed by atoms with E-state index >= 15 is 0 Å². The van der Waals surface area contributed by atoms with Crippen LogP contribution in [0.15, 0.2) is 83.8 Å². The molecule has 8 nitrogen and oxygen atoms in total. The molecule has 38 heavy (non-hydrogen) atoms. The lowest BCUT2D eigenvalue weighted by atomic mass is 10.00. The molecule has 2 aliphatic heterocycles. The van der Waals surface area contributed by atoms with Crippen molar-refractivity contribution in [2.75, 3.05) is 25.0 Å². The zero-order chi connectivity index (χ0) is 26.5. The predicted molar refractivity (Wildman–Crippen MR) is 145 cm³/mol. The lowest BCUT2D eigenvalue weighted by molar-refractivity contribution is -0.136. The summed E-state index contributed by atoms with van der Waals surface area (Å²) in [6, 6.07) is 23.9. The van der Waals surface area contributed by atoms with Crippen molar-refractivity contribution in [1.29, 1.82) is 0 Å². The summed E-state index contributed by atoms with van der Waals surface area (Å²) in [4.78, 5) is 53.8. The summed E-state index contributed by atoms with van der Waals surface area (Å²) in [6.07, 6.45) is 2.29. The number of hydrogen-bond acceptors (Lipinski definition) is 6. The van der Waals surface area contributed by atoms with Crippen LogP contribution in [0.4, 0.5) is 10.5 Å². The summed E-state index contributed by atoms with van der Waals surface area (Å²) in [5.74, 6) is -0.727. The van der Waals surface area contributed by atoms with Crippen LogP contribution >= 0.6 is 11.8 Å². The van der Waals surface area contributed by atoms with Crippen LogP contribution in [0.5, 0.6) is 5.75 Å². The molecule has 1 N–H and O–H groups in total. The minimum Gasteiger partial charge on any atom is -0.483 e. The van der Waals surface area contributed by atoms with Crippen LogP contribution in [0.25, 0.3) is 6.08 Å². The van der Waals surface area contributed by atoms with Gasteiger partial charge in [0.2, 0.25) is 5.91 Å². The fourth-order valence-electron chi connectivity index (χ4n) is 4.31. The van der Waals surface area contributed by atoms with Crippen molar-refractivity contribution in [3.63, 3.8) is 0 Å². The Hall–Kier alpha value is -4.37. The molecule has 3 aromatic carbocycles. The zero-order valence-corrected chi connectivity index (χ0v) is 21.3. The summed E-state index contributed by atoms with van der Waals surface area (Å²) < 4.78 is 5.71. The number of benzene rings is 3. The lowest BCUT2D eigenvalue weighted by Crippen LogP contribution is -2.44. The normalized spacial score (nSPS) is 15.9. The van der Waals surface area contributed by atoms with Crippen LogP contribution in [-0.4, -0.2) is 52.5 Å². The van der Waals surface area contributed by atoms with Crippen molar-refractivity contribution in [2.45, 2.75) is 13.0 Å².